The van der Waals surface area contributed by atoms with Crippen LogP contribution >= 0.6 is 0 Å². The van der Waals surface area contributed by atoms with Crippen molar-refractivity contribution in [3.63, 3.8) is 0 Å². The van der Waals surface area contributed by atoms with Crippen molar-refractivity contribution in [1.29, 1.82) is 0 Å². The molecule has 0 radical (unpaired) electrons. The molecule has 29 heavy (non-hydrogen) atoms. The summed E-state index contributed by atoms with van der Waals surface area (Å²) < 4.78 is 29.8. The second kappa shape index (κ2) is 12.1. The van der Waals surface area contributed by atoms with Gasteiger partial charge in [-0.15, -0.1) is 0 Å². The maximum atomic E-state index is 11.0. The van der Waals surface area contributed by atoms with Crippen molar-refractivity contribution >= 4 is 39.7 Å². The van der Waals surface area contributed by atoms with Gasteiger partial charge in [0.25, 0.3) is 0 Å². The van der Waals surface area contributed by atoms with Crippen LogP contribution in [0.3, 0.4) is 0 Å². The van der Waals surface area contributed by atoms with Gasteiger partial charge in [-0.05, 0) is 71.4 Å². The number of carbonyl (C=O) groups excluding carboxylic acids is 1. The highest BCUT2D eigenvalue weighted by Gasteiger charge is 2.44. The Hall–Kier alpha value is -0.122. The molecule has 2 unspecified atom stereocenters. The highest BCUT2D eigenvalue weighted by molar-refractivity contribution is 6.89. The fraction of sp³-hybridized carbons (Fsp3) is 0.833. The number of rotatable bonds is 15. The Balaban J connectivity index is 4.64. The molecule has 0 spiro atoms. The van der Waals surface area contributed by atoms with Crippen LogP contribution in [0, 0.1) is 0 Å². The molecule has 0 bridgehead atoms. The van der Waals surface area contributed by atoms with Crippen LogP contribution in [0.25, 0.3) is 0 Å². The molecule has 0 aliphatic heterocycles. The van der Waals surface area contributed by atoms with Gasteiger partial charge in [-0.3, -0.25) is 0 Å². The first-order valence-electron chi connectivity index (χ1n) is 10.1. The summed E-state index contributed by atoms with van der Waals surface area (Å²) in [5.74, 6) is -0.557. The molecule has 0 rings (SSSR count). The maximum absolute atomic E-state index is 11.0. The minimum Gasteiger partial charge on any atom is -0.460 e. The van der Waals surface area contributed by atoms with Gasteiger partial charge < -0.3 is 26.9 Å². The van der Waals surface area contributed by atoms with Crippen LogP contribution in [0.4, 0.5) is 0 Å². The molecule has 0 amide bonds. The molecular weight excluding hydrogens is 441 g/mol. The van der Waals surface area contributed by atoms with Crippen molar-refractivity contribution in [2.75, 3.05) is 19.8 Å². The third-order valence-electron chi connectivity index (χ3n) is 3.35. The summed E-state index contributed by atoms with van der Waals surface area (Å²) in [6.07, 6.45) is 0.978. The zero-order valence-corrected chi connectivity index (χ0v) is 23.8. The zero-order valence-electron chi connectivity index (χ0n) is 19.8. The molecular formula is C18H42O7Si4. The van der Waals surface area contributed by atoms with E-state index in [9.17, 15) is 9.90 Å². The van der Waals surface area contributed by atoms with Crippen molar-refractivity contribution in [2.45, 2.75) is 77.5 Å². The van der Waals surface area contributed by atoms with Gasteiger partial charge in [0, 0.05) is 12.7 Å². The maximum Gasteiger partial charge on any atom is 0.330 e. The first-order chi connectivity index (χ1) is 13.0. The largest absolute Gasteiger partial charge is 0.460 e. The van der Waals surface area contributed by atoms with E-state index in [4.69, 9.17) is 21.8 Å². The van der Waals surface area contributed by atoms with Crippen LogP contribution in [0.2, 0.25) is 65.0 Å². The molecule has 0 saturated carbocycles. The van der Waals surface area contributed by atoms with E-state index in [0.717, 1.165) is 18.5 Å². The van der Waals surface area contributed by atoms with E-state index in [1.807, 2.05) is 0 Å². The Kier molecular flexibility index (Phi) is 12.0. The molecule has 0 aromatic carbocycles. The predicted molar refractivity (Wildman–Crippen MR) is 126 cm³/mol. The number of hydrogen-bond acceptors (Lipinski definition) is 7. The molecule has 0 aliphatic rings. The topological polar surface area (TPSA) is 83.5 Å². The number of ether oxygens (including phenoxy) is 2. The number of aliphatic hydroxyl groups is 1. The minimum atomic E-state index is -2.43. The summed E-state index contributed by atoms with van der Waals surface area (Å²) in [4.78, 5) is 11.0. The lowest BCUT2D eigenvalue weighted by atomic mass is 10.4. The number of esters is 1. The van der Waals surface area contributed by atoms with Crippen LogP contribution in [0.15, 0.2) is 12.7 Å². The molecule has 0 aromatic heterocycles. The van der Waals surface area contributed by atoms with Crippen LogP contribution < -0.4 is 0 Å². The normalized spacial score (nSPS) is 16.2. The Morgan fingerprint density at radius 2 is 1.48 bits per heavy atom. The Bertz CT molecular complexity index is 517. The van der Waals surface area contributed by atoms with Gasteiger partial charge in [-0.25, -0.2) is 4.79 Å². The van der Waals surface area contributed by atoms with Crippen LogP contribution in [-0.2, 0) is 26.6 Å². The highest BCUT2D eigenvalue weighted by atomic mass is 28.5. The molecule has 0 fully saturated rings. The summed E-state index contributed by atoms with van der Waals surface area (Å²) >= 11 is 0. The fourth-order valence-corrected chi connectivity index (χ4v) is 21.0. The molecule has 11 heteroatoms. The number of hydrogen-bond donors (Lipinski definition) is 1. The molecule has 2 atom stereocenters. The lowest BCUT2D eigenvalue weighted by molar-refractivity contribution is -0.141. The first-order valence-corrected chi connectivity index (χ1v) is 22.3. The lowest BCUT2D eigenvalue weighted by Crippen LogP contribution is -2.56. The van der Waals surface area contributed by atoms with Gasteiger partial charge in [0.2, 0.25) is 0 Å². The Morgan fingerprint density at radius 1 is 0.931 bits per heavy atom. The third kappa shape index (κ3) is 16.3. The quantitative estimate of drug-likeness (QED) is 0.164. The standard InChI is InChI=1S/C18H42O7Si4/c1-11-18(20)22-16-17(19)15-21-13-12-14-29(10,24-27(5,6)7)25-28(8,9)23-26(2,3)4/h11,17,19H,1,12-16H2,2-10H3. The minimum absolute atomic E-state index is 0.104. The Labute approximate surface area is 181 Å². The molecule has 0 aliphatic carbocycles. The second-order valence-corrected chi connectivity index (χ2v) is 26.2. The summed E-state index contributed by atoms with van der Waals surface area (Å²) in [7, 11) is -8.23. The first kappa shape index (κ1) is 28.9. The summed E-state index contributed by atoms with van der Waals surface area (Å²) in [6, 6.07) is 0.796. The Morgan fingerprint density at radius 3 is 1.97 bits per heavy atom. The van der Waals surface area contributed by atoms with Gasteiger partial charge in [0.05, 0.1) is 6.61 Å². The van der Waals surface area contributed by atoms with Crippen molar-refractivity contribution in [1.82, 2.24) is 0 Å². The van der Waals surface area contributed by atoms with E-state index < -0.39 is 45.8 Å². The van der Waals surface area contributed by atoms with Gasteiger partial charge in [0.15, 0.2) is 16.6 Å². The average molecular weight is 483 g/mol. The van der Waals surface area contributed by atoms with Crippen LogP contribution in [0.5, 0.6) is 0 Å². The molecule has 0 heterocycles. The van der Waals surface area contributed by atoms with Gasteiger partial charge >= 0.3 is 23.1 Å². The monoisotopic (exact) mass is 482 g/mol. The summed E-state index contributed by atoms with van der Waals surface area (Å²) in [5, 5.41) is 9.79. The summed E-state index contributed by atoms with van der Waals surface area (Å²) in [5.41, 5.74) is 0. The smallest absolute Gasteiger partial charge is 0.330 e. The van der Waals surface area contributed by atoms with E-state index >= 15 is 0 Å². The second-order valence-electron chi connectivity index (χ2n) is 9.73. The lowest BCUT2D eigenvalue weighted by Gasteiger charge is -2.41. The van der Waals surface area contributed by atoms with Gasteiger partial charge in [-0.1, -0.05) is 6.58 Å². The zero-order chi connectivity index (χ0) is 22.9. The van der Waals surface area contributed by atoms with E-state index in [1.54, 1.807) is 0 Å². The van der Waals surface area contributed by atoms with Crippen molar-refractivity contribution < 1.29 is 31.7 Å². The highest BCUT2D eigenvalue weighted by Crippen LogP contribution is 2.27. The van der Waals surface area contributed by atoms with Crippen molar-refractivity contribution in [3.8, 4) is 0 Å². The SMILES string of the molecule is C=CC(=O)OCC(O)COCCC[Si](C)(O[Si](C)(C)C)O[Si](C)(C)O[Si](C)(C)C. The van der Waals surface area contributed by atoms with Crippen LogP contribution in [-0.4, -0.2) is 70.8 Å². The van der Waals surface area contributed by atoms with Crippen molar-refractivity contribution in [3.05, 3.63) is 12.7 Å². The molecule has 0 aromatic rings. The van der Waals surface area contributed by atoms with Gasteiger partial charge in [-0.2, -0.15) is 0 Å². The fourth-order valence-electron chi connectivity index (χ4n) is 3.05. The third-order valence-corrected chi connectivity index (χ3v) is 16.9. The molecule has 7 nitrogen and oxygen atoms in total. The summed E-state index contributed by atoms with van der Waals surface area (Å²) in [6.45, 7) is 23.2. The molecule has 0 saturated heterocycles. The van der Waals surface area contributed by atoms with E-state index in [1.165, 1.54) is 0 Å². The number of aliphatic hydroxyl groups excluding tert-OH is 1. The number of carbonyl (C=O) groups is 1. The van der Waals surface area contributed by atoms with Crippen LogP contribution in [0.1, 0.15) is 6.42 Å². The van der Waals surface area contributed by atoms with Crippen molar-refractivity contribution in [2.24, 2.45) is 0 Å². The predicted octanol–water partition coefficient (Wildman–Crippen LogP) is 3.98. The average Bonchev–Trinajstić information content (AvgIpc) is 2.46. The van der Waals surface area contributed by atoms with E-state index in [0.29, 0.717) is 6.61 Å². The van der Waals surface area contributed by atoms with Gasteiger partial charge in [0.1, 0.15) is 12.7 Å². The molecule has 1 N–H and O–H groups in total. The van der Waals surface area contributed by atoms with E-state index in [-0.39, 0.29) is 13.2 Å². The van der Waals surface area contributed by atoms with E-state index in [2.05, 4.69) is 65.5 Å². The molecule has 172 valence electrons.